The second-order valence-corrected chi connectivity index (χ2v) is 8.49. The summed E-state index contributed by atoms with van der Waals surface area (Å²) in [5.74, 6) is -2.56. The van der Waals surface area contributed by atoms with Gasteiger partial charge < -0.3 is 30.0 Å². The molecule has 1 heterocycles. The summed E-state index contributed by atoms with van der Waals surface area (Å²) in [5, 5.41) is 14.6. The number of carboxylic acid groups (broad SMARTS) is 1. The van der Waals surface area contributed by atoms with E-state index in [1.165, 1.54) is 7.11 Å². The van der Waals surface area contributed by atoms with Gasteiger partial charge in [-0.2, -0.15) is 0 Å². The molecule has 2 aromatic rings. The Bertz CT molecular complexity index is 1030. The largest absolute Gasteiger partial charge is 0.480 e. The topological polar surface area (TPSA) is 123 Å². The lowest BCUT2D eigenvalue weighted by atomic mass is 9.98. The van der Waals surface area contributed by atoms with Crippen molar-refractivity contribution in [3.05, 3.63) is 59.7 Å². The Morgan fingerprint density at radius 2 is 1.68 bits per heavy atom. The quantitative estimate of drug-likeness (QED) is 0.542. The minimum atomic E-state index is -1.21. The number of aliphatic carboxylic acids is 1. The van der Waals surface area contributed by atoms with Crippen LogP contribution in [-0.4, -0.2) is 68.2 Å². The number of ether oxygens (including phenoxy) is 3. The minimum Gasteiger partial charge on any atom is -0.480 e. The van der Waals surface area contributed by atoms with Crippen molar-refractivity contribution in [1.29, 1.82) is 0 Å². The predicted molar refractivity (Wildman–Crippen MR) is 122 cm³/mol. The summed E-state index contributed by atoms with van der Waals surface area (Å²) in [7, 11) is 1.37. The Balaban J connectivity index is 1.37. The van der Waals surface area contributed by atoms with E-state index in [0.717, 1.165) is 22.3 Å². The molecule has 180 valence electrons. The zero-order valence-corrected chi connectivity index (χ0v) is 19.0. The Kier molecular flexibility index (Phi) is 7.14. The number of carbonyl (C=O) groups excluding carboxylic acids is 2. The third-order valence-electron chi connectivity index (χ3n) is 6.47. The van der Waals surface area contributed by atoms with Gasteiger partial charge in [-0.15, -0.1) is 0 Å². The summed E-state index contributed by atoms with van der Waals surface area (Å²) in [6, 6.07) is 14.2. The molecular formula is C25H28N2O7. The molecule has 1 aliphatic heterocycles. The highest BCUT2D eigenvalue weighted by molar-refractivity contribution is 5.86. The van der Waals surface area contributed by atoms with E-state index >= 15 is 0 Å². The maximum Gasteiger partial charge on any atom is 0.407 e. The molecule has 2 amide bonds. The van der Waals surface area contributed by atoms with E-state index in [1.54, 1.807) is 6.92 Å². The molecule has 1 saturated heterocycles. The summed E-state index contributed by atoms with van der Waals surface area (Å²) >= 11 is 0. The van der Waals surface area contributed by atoms with E-state index in [0.29, 0.717) is 0 Å². The van der Waals surface area contributed by atoms with Gasteiger partial charge in [0.25, 0.3) is 0 Å². The van der Waals surface area contributed by atoms with E-state index in [4.69, 9.17) is 14.2 Å². The molecule has 0 aromatic heterocycles. The van der Waals surface area contributed by atoms with E-state index in [-0.39, 0.29) is 25.7 Å². The molecule has 9 nitrogen and oxygen atoms in total. The number of amides is 2. The number of carboxylic acids is 1. The van der Waals surface area contributed by atoms with E-state index in [2.05, 4.69) is 22.8 Å². The third kappa shape index (κ3) is 4.76. The highest BCUT2D eigenvalue weighted by atomic mass is 16.5. The summed E-state index contributed by atoms with van der Waals surface area (Å²) in [6.45, 7) is 1.89. The van der Waals surface area contributed by atoms with Crippen LogP contribution in [0.25, 0.3) is 11.1 Å². The lowest BCUT2D eigenvalue weighted by Gasteiger charge is -2.24. The first-order chi connectivity index (χ1) is 16.4. The molecule has 4 atom stereocenters. The molecule has 9 heteroatoms. The lowest BCUT2D eigenvalue weighted by molar-refractivity contribution is -0.146. The van der Waals surface area contributed by atoms with Crippen molar-refractivity contribution in [2.24, 2.45) is 5.92 Å². The van der Waals surface area contributed by atoms with E-state index < -0.39 is 42.1 Å². The van der Waals surface area contributed by atoms with Crippen LogP contribution in [0, 0.1) is 5.92 Å². The van der Waals surface area contributed by atoms with Crippen LogP contribution >= 0.6 is 0 Å². The van der Waals surface area contributed by atoms with Crippen molar-refractivity contribution in [1.82, 2.24) is 10.6 Å². The van der Waals surface area contributed by atoms with Gasteiger partial charge in [0, 0.05) is 13.0 Å². The van der Waals surface area contributed by atoms with Gasteiger partial charge in [0.2, 0.25) is 5.91 Å². The maximum atomic E-state index is 12.7. The molecule has 2 aliphatic rings. The normalized spacial score (nSPS) is 20.6. The number of nitrogens with one attached hydrogen (secondary N) is 2. The van der Waals surface area contributed by atoms with E-state index in [1.807, 2.05) is 36.4 Å². The molecule has 3 N–H and O–H groups in total. The van der Waals surface area contributed by atoms with Gasteiger partial charge in [-0.3, -0.25) is 4.79 Å². The van der Waals surface area contributed by atoms with Crippen LogP contribution in [0.15, 0.2) is 48.5 Å². The highest BCUT2D eigenvalue weighted by Crippen LogP contribution is 2.44. The number of methoxy groups -OCH3 is 1. The van der Waals surface area contributed by atoms with Crippen molar-refractivity contribution in [3.8, 4) is 11.1 Å². The number of benzene rings is 2. The number of fused-ring (bicyclic) bond motifs is 3. The first kappa shape index (κ1) is 23.7. The standard InChI is InChI=1S/C25H28N2O7/c1-14(32-2)22(24(29)30)27-23(28)20-11-33-13-21(20)26-25(31)34-12-19-17-9-5-3-7-15(17)16-8-4-6-10-18(16)19/h3-10,14,19-22H,11-13H2,1-2H3,(H,26,31)(H,27,28)(H,29,30). The molecule has 0 saturated carbocycles. The Labute approximate surface area is 197 Å². The fourth-order valence-electron chi connectivity index (χ4n) is 4.52. The summed E-state index contributed by atoms with van der Waals surface area (Å²) in [5.41, 5.74) is 4.47. The number of hydrogen-bond acceptors (Lipinski definition) is 6. The van der Waals surface area contributed by atoms with Gasteiger partial charge >= 0.3 is 12.1 Å². The molecule has 4 unspecified atom stereocenters. The smallest absolute Gasteiger partial charge is 0.407 e. The third-order valence-corrected chi connectivity index (χ3v) is 6.47. The first-order valence-electron chi connectivity index (χ1n) is 11.2. The summed E-state index contributed by atoms with van der Waals surface area (Å²) in [4.78, 5) is 36.8. The Hall–Kier alpha value is -3.43. The number of alkyl carbamates (subject to hydrolysis) is 1. The van der Waals surface area contributed by atoms with Crippen LogP contribution in [0.1, 0.15) is 24.0 Å². The van der Waals surface area contributed by atoms with Crippen molar-refractivity contribution in [2.45, 2.75) is 31.0 Å². The second kappa shape index (κ2) is 10.2. The molecule has 1 fully saturated rings. The Morgan fingerprint density at radius 1 is 1.06 bits per heavy atom. The van der Waals surface area contributed by atoms with Gasteiger partial charge in [-0.25, -0.2) is 9.59 Å². The van der Waals surface area contributed by atoms with E-state index in [9.17, 15) is 19.5 Å². The van der Waals surface area contributed by atoms with Crippen molar-refractivity contribution in [3.63, 3.8) is 0 Å². The SMILES string of the molecule is COC(C)C(NC(=O)C1COCC1NC(=O)OCC1c2ccccc2-c2ccccc21)C(=O)O. The lowest BCUT2D eigenvalue weighted by Crippen LogP contribution is -2.53. The number of rotatable bonds is 8. The van der Waals surface area contributed by atoms with Crippen LogP contribution in [0.2, 0.25) is 0 Å². The van der Waals surface area contributed by atoms with Crippen molar-refractivity contribution >= 4 is 18.0 Å². The molecule has 1 aliphatic carbocycles. The Morgan fingerprint density at radius 3 is 2.26 bits per heavy atom. The maximum absolute atomic E-state index is 12.7. The molecule has 4 rings (SSSR count). The molecule has 34 heavy (non-hydrogen) atoms. The number of hydrogen-bond donors (Lipinski definition) is 3. The zero-order chi connectivity index (χ0) is 24.2. The van der Waals surface area contributed by atoms with Gasteiger partial charge in [0.05, 0.1) is 31.3 Å². The molecule has 0 radical (unpaired) electrons. The first-order valence-corrected chi connectivity index (χ1v) is 11.2. The molecular weight excluding hydrogens is 440 g/mol. The molecule has 0 bridgehead atoms. The van der Waals surface area contributed by atoms with Gasteiger partial charge in [0.1, 0.15) is 6.61 Å². The van der Waals surface area contributed by atoms with Gasteiger partial charge in [0.15, 0.2) is 6.04 Å². The van der Waals surface area contributed by atoms with Gasteiger partial charge in [-0.05, 0) is 29.2 Å². The van der Waals surface area contributed by atoms with Gasteiger partial charge in [-0.1, -0.05) is 48.5 Å². The fourth-order valence-corrected chi connectivity index (χ4v) is 4.52. The van der Waals surface area contributed by atoms with Crippen LogP contribution in [0.3, 0.4) is 0 Å². The van der Waals surface area contributed by atoms with Crippen LogP contribution in [-0.2, 0) is 23.8 Å². The summed E-state index contributed by atoms with van der Waals surface area (Å²) in [6.07, 6.45) is -1.38. The average Bonchev–Trinajstić information content (AvgIpc) is 3.43. The van der Waals surface area contributed by atoms with Crippen molar-refractivity contribution < 1.29 is 33.7 Å². The fraction of sp³-hybridized carbons (Fsp3) is 0.400. The van der Waals surface area contributed by atoms with Crippen molar-refractivity contribution in [2.75, 3.05) is 26.9 Å². The molecule has 0 spiro atoms. The summed E-state index contributed by atoms with van der Waals surface area (Å²) < 4.78 is 16.0. The average molecular weight is 469 g/mol. The second-order valence-electron chi connectivity index (χ2n) is 8.49. The zero-order valence-electron chi connectivity index (χ0n) is 19.0. The monoisotopic (exact) mass is 468 g/mol. The highest BCUT2D eigenvalue weighted by Gasteiger charge is 2.38. The predicted octanol–water partition coefficient (Wildman–Crippen LogP) is 2.14. The van der Waals surface area contributed by atoms with Crippen LogP contribution in [0.4, 0.5) is 4.79 Å². The minimum absolute atomic E-state index is 0.0634. The molecule has 2 aromatic carbocycles. The van der Waals surface area contributed by atoms with Crippen LogP contribution in [0.5, 0.6) is 0 Å². The van der Waals surface area contributed by atoms with Crippen LogP contribution < -0.4 is 10.6 Å². The number of carbonyl (C=O) groups is 3.